The van der Waals surface area contributed by atoms with Crippen molar-refractivity contribution in [1.29, 1.82) is 0 Å². The third-order valence-corrected chi connectivity index (χ3v) is 4.84. The smallest absolute Gasteiger partial charge is 0.422 e. The molecule has 28 heavy (non-hydrogen) atoms. The Morgan fingerprint density at radius 1 is 1.00 bits per heavy atom. The van der Waals surface area contributed by atoms with Gasteiger partial charge in [0.15, 0.2) is 6.61 Å². The van der Waals surface area contributed by atoms with E-state index in [4.69, 9.17) is 0 Å². The minimum Gasteiger partial charge on any atom is -0.468 e. The second-order valence-electron chi connectivity index (χ2n) is 6.95. The minimum absolute atomic E-state index is 0.135. The molecule has 0 N–H and O–H groups in total. The number of hydrogen-bond acceptors (Lipinski definition) is 5. The number of hydrogen-bond donors (Lipinski definition) is 0. The lowest BCUT2D eigenvalue weighted by Crippen LogP contribution is -2.51. The fourth-order valence-electron chi connectivity index (χ4n) is 3.30. The van der Waals surface area contributed by atoms with Crippen molar-refractivity contribution in [2.75, 3.05) is 52.4 Å². The van der Waals surface area contributed by atoms with Crippen molar-refractivity contribution in [3.05, 3.63) is 23.9 Å². The molecule has 2 amide bonds. The lowest BCUT2D eigenvalue weighted by atomic mass is 10.2. The van der Waals surface area contributed by atoms with E-state index in [-0.39, 0.29) is 17.7 Å². The molecule has 2 aliphatic rings. The van der Waals surface area contributed by atoms with E-state index in [1.807, 2.05) is 9.80 Å². The van der Waals surface area contributed by atoms with E-state index in [1.165, 1.54) is 18.3 Å². The van der Waals surface area contributed by atoms with Crippen LogP contribution in [-0.2, 0) is 4.79 Å². The lowest BCUT2D eigenvalue weighted by molar-refractivity contribution is -0.154. The fraction of sp³-hybridized carbons (Fsp3) is 0.611. The zero-order chi connectivity index (χ0) is 20.1. The Kier molecular flexibility index (Phi) is 6.38. The Bertz CT molecular complexity index is 682. The predicted octanol–water partition coefficient (Wildman–Crippen LogP) is 1.40. The minimum atomic E-state index is -4.44. The van der Waals surface area contributed by atoms with Gasteiger partial charge in [0.05, 0.1) is 12.1 Å². The SMILES string of the molecule is O=C(CN1CCN(C(=O)c2ccc(OCC(F)(F)F)nc2)CC1)N1CCCC1. The summed E-state index contributed by atoms with van der Waals surface area (Å²) in [5.41, 5.74) is 0.293. The fourth-order valence-corrected chi connectivity index (χ4v) is 3.30. The largest absolute Gasteiger partial charge is 0.468 e. The van der Waals surface area contributed by atoms with E-state index >= 15 is 0 Å². The maximum absolute atomic E-state index is 12.5. The summed E-state index contributed by atoms with van der Waals surface area (Å²) in [6.07, 6.45) is -1.10. The number of halogens is 3. The molecule has 0 saturated carbocycles. The molecule has 10 heteroatoms. The van der Waals surface area contributed by atoms with Crippen LogP contribution in [0.25, 0.3) is 0 Å². The summed E-state index contributed by atoms with van der Waals surface area (Å²) in [7, 11) is 0. The maximum Gasteiger partial charge on any atom is 0.422 e. The molecule has 0 aliphatic carbocycles. The van der Waals surface area contributed by atoms with E-state index in [1.54, 1.807) is 4.90 Å². The molecule has 1 aromatic rings. The number of likely N-dealkylation sites (tertiary alicyclic amines) is 1. The molecular weight excluding hydrogens is 377 g/mol. The summed E-state index contributed by atoms with van der Waals surface area (Å²) < 4.78 is 41.0. The zero-order valence-electron chi connectivity index (χ0n) is 15.5. The number of rotatable bonds is 5. The number of pyridine rings is 1. The number of amides is 2. The number of aromatic nitrogens is 1. The highest BCUT2D eigenvalue weighted by atomic mass is 19.4. The van der Waals surface area contributed by atoms with Gasteiger partial charge in [-0.15, -0.1) is 0 Å². The third kappa shape index (κ3) is 5.57. The van der Waals surface area contributed by atoms with Gasteiger partial charge in [-0.05, 0) is 18.9 Å². The van der Waals surface area contributed by atoms with Gasteiger partial charge in [-0.2, -0.15) is 13.2 Å². The summed E-state index contributed by atoms with van der Waals surface area (Å²) in [5, 5.41) is 0. The number of nitrogens with zero attached hydrogens (tertiary/aromatic N) is 4. The van der Waals surface area contributed by atoms with Crippen LogP contribution in [0.2, 0.25) is 0 Å². The summed E-state index contributed by atoms with van der Waals surface area (Å²) in [6.45, 7) is 2.77. The van der Waals surface area contributed by atoms with Crippen LogP contribution in [0.15, 0.2) is 18.3 Å². The number of carbonyl (C=O) groups excluding carboxylic acids is 2. The van der Waals surface area contributed by atoms with Gasteiger partial charge in [0.2, 0.25) is 11.8 Å². The van der Waals surface area contributed by atoms with E-state index in [9.17, 15) is 22.8 Å². The quantitative estimate of drug-likeness (QED) is 0.748. The number of alkyl halides is 3. The first-order valence-corrected chi connectivity index (χ1v) is 9.27. The maximum atomic E-state index is 12.5. The van der Waals surface area contributed by atoms with Crippen LogP contribution < -0.4 is 4.74 Å². The standard InChI is InChI=1S/C18H23F3N4O3/c19-18(20,21)13-28-15-4-3-14(11-22-15)17(27)25-9-7-23(8-10-25)12-16(26)24-5-1-2-6-24/h3-4,11H,1-2,5-10,12-13H2. The number of ether oxygens (including phenoxy) is 1. The Labute approximate surface area is 161 Å². The average molecular weight is 400 g/mol. The first-order chi connectivity index (χ1) is 13.3. The molecule has 0 spiro atoms. The van der Waals surface area contributed by atoms with Crippen LogP contribution in [0.5, 0.6) is 5.88 Å². The molecule has 0 unspecified atom stereocenters. The molecule has 2 saturated heterocycles. The second kappa shape index (κ2) is 8.76. The molecule has 2 aliphatic heterocycles. The van der Waals surface area contributed by atoms with Gasteiger partial charge in [0.25, 0.3) is 5.91 Å². The molecule has 0 radical (unpaired) electrons. The van der Waals surface area contributed by atoms with Crippen LogP contribution in [-0.4, -0.2) is 90.1 Å². The zero-order valence-corrected chi connectivity index (χ0v) is 15.5. The molecule has 3 rings (SSSR count). The van der Waals surface area contributed by atoms with Crippen molar-refractivity contribution in [2.45, 2.75) is 19.0 Å². The third-order valence-electron chi connectivity index (χ3n) is 4.84. The van der Waals surface area contributed by atoms with Crippen LogP contribution in [0, 0.1) is 0 Å². The molecule has 0 bridgehead atoms. The first-order valence-electron chi connectivity index (χ1n) is 9.27. The van der Waals surface area contributed by atoms with Crippen molar-refractivity contribution in [3.8, 4) is 5.88 Å². The van der Waals surface area contributed by atoms with Crippen molar-refractivity contribution < 1.29 is 27.5 Å². The lowest BCUT2D eigenvalue weighted by Gasteiger charge is -2.35. The Morgan fingerprint density at radius 3 is 2.25 bits per heavy atom. The topological polar surface area (TPSA) is 66.0 Å². The van der Waals surface area contributed by atoms with Crippen molar-refractivity contribution in [3.63, 3.8) is 0 Å². The normalized spacial score (nSPS) is 18.4. The van der Waals surface area contributed by atoms with Crippen molar-refractivity contribution in [2.24, 2.45) is 0 Å². The van der Waals surface area contributed by atoms with Crippen LogP contribution in [0.4, 0.5) is 13.2 Å². The molecule has 3 heterocycles. The van der Waals surface area contributed by atoms with Gasteiger partial charge in [0, 0.05) is 51.5 Å². The summed E-state index contributed by atoms with van der Waals surface area (Å²) in [4.78, 5) is 34.1. The van der Waals surface area contributed by atoms with Crippen LogP contribution in [0.3, 0.4) is 0 Å². The highest BCUT2D eigenvalue weighted by molar-refractivity contribution is 5.94. The van der Waals surface area contributed by atoms with Crippen LogP contribution in [0.1, 0.15) is 23.2 Å². The Hall–Kier alpha value is -2.36. The van der Waals surface area contributed by atoms with Gasteiger partial charge in [0.1, 0.15) is 0 Å². The van der Waals surface area contributed by atoms with Crippen molar-refractivity contribution in [1.82, 2.24) is 19.7 Å². The average Bonchev–Trinajstić information content (AvgIpc) is 3.21. The van der Waals surface area contributed by atoms with Gasteiger partial charge < -0.3 is 14.5 Å². The van der Waals surface area contributed by atoms with Crippen molar-refractivity contribution >= 4 is 11.8 Å². The van der Waals surface area contributed by atoms with E-state index in [2.05, 4.69) is 9.72 Å². The molecule has 0 aromatic carbocycles. The number of carbonyl (C=O) groups is 2. The van der Waals surface area contributed by atoms with Gasteiger partial charge >= 0.3 is 6.18 Å². The Morgan fingerprint density at radius 2 is 1.68 bits per heavy atom. The van der Waals surface area contributed by atoms with Gasteiger partial charge in [-0.3, -0.25) is 14.5 Å². The number of piperazine rings is 1. The summed E-state index contributed by atoms with van der Waals surface area (Å²) in [6, 6.07) is 2.66. The monoisotopic (exact) mass is 400 g/mol. The highest BCUT2D eigenvalue weighted by Gasteiger charge is 2.29. The van der Waals surface area contributed by atoms with E-state index in [0.717, 1.165) is 25.9 Å². The summed E-state index contributed by atoms with van der Waals surface area (Å²) in [5.74, 6) is -0.282. The van der Waals surface area contributed by atoms with Crippen LogP contribution >= 0.6 is 0 Å². The second-order valence-corrected chi connectivity index (χ2v) is 6.95. The summed E-state index contributed by atoms with van der Waals surface area (Å²) >= 11 is 0. The molecular formula is C18H23F3N4O3. The molecule has 2 fully saturated rings. The van der Waals surface area contributed by atoms with E-state index in [0.29, 0.717) is 38.3 Å². The molecule has 1 aromatic heterocycles. The highest BCUT2D eigenvalue weighted by Crippen LogP contribution is 2.18. The molecule has 154 valence electrons. The van der Waals surface area contributed by atoms with Gasteiger partial charge in [-0.1, -0.05) is 0 Å². The predicted molar refractivity (Wildman–Crippen MR) is 93.9 cm³/mol. The molecule has 7 nitrogen and oxygen atoms in total. The van der Waals surface area contributed by atoms with Gasteiger partial charge in [-0.25, -0.2) is 4.98 Å². The van der Waals surface area contributed by atoms with E-state index < -0.39 is 12.8 Å². The first kappa shape index (κ1) is 20.4. The Balaban J connectivity index is 1.46. The molecule has 0 atom stereocenters.